The minimum Gasteiger partial charge on any atom is -0.396 e. The number of carbonyl (C=O) groups is 1. The van der Waals surface area contributed by atoms with Crippen LogP contribution in [0.1, 0.15) is 37.4 Å². The first-order chi connectivity index (χ1) is 16.9. The number of benzene rings is 1. The molecule has 0 aliphatic carbocycles. The van der Waals surface area contributed by atoms with Crippen molar-refractivity contribution in [2.45, 2.75) is 33.0 Å². The van der Waals surface area contributed by atoms with E-state index in [2.05, 4.69) is 25.4 Å². The topological polar surface area (TPSA) is 145 Å². The summed E-state index contributed by atoms with van der Waals surface area (Å²) in [5.41, 5.74) is 11.1. The van der Waals surface area contributed by atoms with Gasteiger partial charge in [0.2, 0.25) is 5.91 Å². The van der Waals surface area contributed by atoms with Gasteiger partial charge < -0.3 is 21.3 Å². The minimum absolute atomic E-state index is 0.00672. The van der Waals surface area contributed by atoms with Crippen molar-refractivity contribution < 1.29 is 26.9 Å². The number of aromatic nitrogens is 3. The molecule has 2 heterocycles. The van der Waals surface area contributed by atoms with Gasteiger partial charge in [0.15, 0.2) is 11.6 Å². The fourth-order valence-corrected chi connectivity index (χ4v) is 3.06. The van der Waals surface area contributed by atoms with Crippen molar-refractivity contribution in [2.24, 2.45) is 16.1 Å². The lowest BCUT2D eigenvalue weighted by Crippen LogP contribution is -2.35. The fraction of sp³-hybridized carbons (Fsp3) is 0.261. The predicted molar refractivity (Wildman–Crippen MR) is 125 cm³/mol. The van der Waals surface area contributed by atoms with Gasteiger partial charge in [0.1, 0.15) is 23.5 Å². The first-order valence-electron chi connectivity index (χ1n) is 10.5. The standard InChI is InChI=1S/C23H23F4N7O2/c1-22(2,12-23(25,26)27)21(35)32-18-11-31-20(33-19(18)29)15(28)9-17(16-7-8-36-34-16)30-10-13-5-3-4-6-14(13)24/h3-9,11H,10,12,28H2,1-2H3,(H,32,35)(H2,29,31,33). The van der Waals surface area contributed by atoms with Crippen LogP contribution in [0.5, 0.6) is 0 Å². The first-order valence-corrected chi connectivity index (χ1v) is 10.5. The molecule has 0 saturated heterocycles. The molecule has 0 unspecified atom stereocenters. The first kappa shape index (κ1) is 26.3. The quantitative estimate of drug-likeness (QED) is 0.309. The second-order valence-corrected chi connectivity index (χ2v) is 8.40. The van der Waals surface area contributed by atoms with Crippen LogP contribution in [-0.2, 0) is 11.3 Å². The van der Waals surface area contributed by atoms with E-state index in [-0.39, 0.29) is 35.3 Å². The highest BCUT2D eigenvalue weighted by Crippen LogP contribution is 2.34. The van der Waals surface area contributed by atoms with Gasteiger partial charge in [-0.25, -0.2) is 14.4 Å². The van der Waals surface area contributed by atoms with Crippen LogP contribution in [0.2, 0.25) is 0 Å². The predicted octanol–water partition coefficient (Wildman–Crippen LogP) is 4.09. The van der Waals surface area contributed by atoms with Gasteiger partial charge in [-0.15, -0.1) is 0 Å². The summed E-state index contributed by atoms with van der Waals surface area (Å²) in [7, 11) is 0. The fourth-order valence-electron chi connectivity index (χ4n) is 3.06. The normalized spacial score (nSPS) is 13.1. The summed E-state index contributed by atoms with van der Waals surface area (Å²) in [5.74, 6) is -1.58. The summed E-state index contributed by atoms with van der Waals surface area (Å²) < 4.78 is 57.1. The number of nitrogens with zero attached hydrogens (tertiary/aromatic N) is 4. The lowest BCUT2D eigenvalue weighted by atomic mass is 9.88. The summed E-state index contributed by atoms with van der Waals surface area (Å²) in [4.78, 5) is 24.8. The Morgan fingerprint density at radius 1 is 1.22 bits per heavy atom. The maximum Gasteiger partial charge on any atom is 0.390 e. The number of halogens is 4. The number of nitrogens with one attached hydrogen (secondary N) is 1. The summed E-state index contributed by atoms with van der Waals surface area (Å²) >= 11 is 0. The largest absolute Gasteiger partial charge is 0.396 e. The number of hydrogen-bond acceptors (Lipinski definition) is 8. The third-order valence-corrected chi connectivity index (χ3v) is 4.95. The van der Waals surface area contributed by atoms with Gasteiger partial charge in [-0.3, -0.25) is 9.79 Å². The molecule has 13 heteroatoms. The number of alkyl halides is 3. The zero-order valence-corrected chi connectivity index (χ0v) is 19.3. The lowest BCUT2D eigenvalue weighted by molar-refractivity contribution is -0.162. The van der Waals surface area contributed by atoms with Gasteiger partial charge in [0.25, 0.3) is 0 Å². The molecule has 0 aliphatic heterocycles. The molecule has 0 radical (unpaired) electrons. The van der Waals surface area contributed by atoms with Gasteiger partial charge >= 0.3 is 6.18 Å². The van der Waals surface area contributed by atoms with Crippen molar-refractivity contribution in [3.63, 3.8) is 0 Å². The molecular weight excluding hydrogens is 482 g/mol. The molecule has 1 aromatic carbocycles. The maximum atomic E-state index is 14.0. The molecule has 9 nitrogen and oxygen atoms in total. The van der Waals surface area contributed by atoms with E-state index in [1.54, 1.807) is 18.2 Å². The number of nitrogens with two attached hydrogens (primary N) is 2. The molecule has 0 fully saturated rings. The van der Waals surface area contributed by atoms with Crippen molar-refractivity contribution in [1.29, 1.82) is 0 Å². The molecular formula is C23H23F4N7O2. The van der Waals surface area contributed by atoms with Crippen molar-refractivity contribution >= 4 is 28.8 Å². The average molecular weight is 505 g/mol. The van der Waals surface area contributed by atoms with Gasteiger partial charge in [0.05, 0.1) is 36.0 Å². The zero-order chi connectivity index (χ0) is 26.5. The molecule has 1 amide bonds. The molecule has 36 heavy (non-hydrogen) atoms. The monoisotopic (exact) mass is 505 g/mol. The Balaban J connectivity index is 1.83. The second kappa shape index (κ2) is 10.5. The molecule has 190 valence electrons. The van der Waals surface area contributed by atoms with Crippen LogP contribution in [0.3, 0.4) is 0 Å². The molecule has 0 spiro atoms. The molecule has 3 aromatic rings. The lowest BCUT2D eigenvalue weighted by Gasteiger charge is -2.24. The number of carbonyl (C=O) groups excluding carboxylic acids is 1. The molecule has 5 N–H and O–H groups in total. The number of hydrogen-bond donors (Lipinski definition) is 3. The van der Waals surface area contributed by atoms with Gasteiger partial charge in [0, 0.05) is 11.6 Å². The molecule has 3 rings (SSSR count). The van der Waals surface area contributed by atoms with Crippen LogP contribution in [0.4, 0.5) is 29.1 Å². The Morgan fingerprint density at radius 3 is 2.56 bits per heavy atom. The summed E-state index contributed by atoms with van der Waals surface area (Å²) in [6.07, 6.45) is -2.01. The smallest absolute Gasteiger partial charge is 0.390 e. The highest BCUT2D eigenvalue weighted by molar-refractivity contribution is 6.10. The van der Waals surface area contributed by atoms with Crippen LogP contribution in [0, 0.1) is 11.2 Å². The number of rotatable bonds is 8. The summed E-state index contributed by atoms with van der Waals surface area (Å²) in [6, 6.07) is 7.66. The second-order valence-electron chi connectivity index (χ2n) is 8.40. The minimum atomic E-state index is -4.53. The van der Waals surface area contributed by atoms with E-state index in [1.165, 1.54) is 24.5 Å². The number of allylic oxidation sites excluding steroid dienone is 1. The summed E-state index contributed by atoms with van der Waals surface area (Å²) in [5, 5.41) is 6.13. The number of amides is 1. The molecule has 2 aromatic heterocycles. The Bertz CT molecular complexity index is 1290. The van der Waals surface area contributed by atoms with Crippen LogP contribution in [0.25, 0.3) is 5.70 Å². The van der Waals surface area contributed by atoms with Gasteiger partial charge in [-0.2, -0.15) is 13.2 Å². The highest BCUT2D eigenvalue weighted by atomic mass is 19.4. The summed E-state index contributed by atoms with van der Waals surface area (Å²) in [6.45, 7) is 2.31. The Morgan fingerprint density at radius 2 is 1.94 bits per heavy atom. The van der Waals surface area contributed by atoms with Crippen LogP contribution in [0.15, 0.2) is 58.4 Å². The number of aliphatic imine (C=N–C) groups is 1. The SMILES string of the molecule is CC(C)(CC(F)(F)F)C(=O)Nc1cnc(C(N)=CC(=NCc2ccccc2F)c2ccon2)nc1N. The van der Waals surface area contributed by atoms with Crippen LogP contribution in [-0.4, -0.2) is 32.9 Å². The number of anilines is 2. The van der Waals surface area contributed by atoms with Crippen LogP contribution < -0.4 is 16.8 Å². The Labute approximate surface area is 203 Å². The van der Waals surface area contributed by atoms with E-state index in [9.17, 15) is 22.4 Å². The molecule has 0 saturated carbocycles. The van der Waals surface area contributed by atoms with E-state index in [4.69, 9.17) is 16.0 Å². The van der Waals surface area contributed by atoms with E-state index >= 15 is 0 Å². The van der Waals surface area contributed by atoms with Gasteiger partial charge in [-0.1, -0.05) is 37.2 Å². The highest BCUT2D eigenvalue weighted by Gasteiger charge is 2.41. The Kier molecular flexibility index (Phi) is 7.71. The zero-order valence-electron chi connectivity index (χ0n) is 19.3. The van der Waals surface area contributed by atoms with Gasteiger partial charge in [-0.05, 0) is 12.1 Å². The molecule has 0 atom stereocenters. The van der Waals surface area contributed by atoms with Crippen molar-refractivity contribution in [3.05, 3.63) is 71.8 Å². The average Bonchev–Trinajstić information content (AvgIpc) is 3.32. The van der Waals surface area contributed by atoms with E-state index in [1.807, 2.05) is 0 Å². The van der Waals surface area contributed by atoms with Crippen molar-refractivity contribution in [2.75, 3.05) is 11.1 Å². The van der Waals surface area contributed by atoms with E-state index in [0.717, 1.165) is 20.0 Å². The third kappa shape index (κ3) is 6.87. The van der Waals surface area contributed by atoms with Crippen molar-refractivity contribution in [3.8, 4) is 0 Å². The molecule has 0 bridgehead atoms. The van der Waals surface area contributed by atoms with Crippen LogP contribution >= 0.6 is 0 Å². The third-order valence-electron chi connectivity index (χ3n) is 4.95. The number of nitrogen functional groups attached to an aromatic ring is 1. The molecule has 0 aliphatic rings. The van der Waals surface area contributed by atoms with Crippen molar-refractivity contribution in [1.82, 2.24) is 15.1 Å². The maximum absolute atomic E-state index is 14.0. The van der Waals surface area contributed by atoms with E-state index in [0.29, 0.717) is 11.3 Å². The van der Waals surface area contributed by atoms with E-state index < -0.39 is 29.7 Å². The Hall–Kier alpha value is -4.29.